The second kappa shape index (κ2) is 8.09. The maximum atomic E-state index is 6.21. The van der Waals surface area contributed by atoms with Gasteiger partial charge in [-0.15, -0.1) is 11.8 Å². The zero-order chi connectivity index (χ0) is 15.2. The summed E-state index contributed by atoms with van der Waals surface area (Å²) < 4.78 is 0. The third-order valence-corrected chi connectivity index (χ3v) is 5.14. The molecule has 0 aliphatic rings. The van der Waals surface area contributed by atoms with Crippen molar-refractivity contribution < 1.29 is 0 Å². The van der Waals surface area contributed by atoms with Gasteiger partial charge in [0.2, 0.25) is 0 Å². The Labute approximate surface area is 140 Å². The Morgan fingerprint density at radius 1 is 1.10 bits per heavy atom. The summed E-state index contributed by atoms with van der Waals surface area (Å²) >= 11 is 14.1. The lowest BCUT2D eigenvalue weighted by molar-refractivity contribution is 0.641. The zero-order valence-corrected chi connectivity index (χ0v) is 14.3. The number of hydrogen-bond acceptors (Lipinski definition) is 2. The third kappa shape index (κ3) is 4.93. The van der Waals surface area contributed by atoms with E-state index in [2.05, 4.69) is 19.1 Å². The van der Waals surface area contributed by atoms with Crippen LogP contribution in [0.3, 0.4) is 0 Å². The average molecular weight is 340 g/mol. The summed E-state index contributed by atoms with van der Waals surface area (Å²) in [5.74, 6) is 0.843. The van der Waals surface area contributed by atoms with Crippen molar-refractivity contribution in [1.82, 2.24) is 0 Å². The van der Waals surface area contributed by atoms with Gasteiger partial charge in [-0.25, -0.2) is 0 Å². The minimum atomic E-state index is 0.170. The molecule has 1 atom stereocenters. The molecule has 0 spiro atoms. The van der Waals surface area contributed by atoms with E-state index in [1.54, 1.807) is 11.8 Å². The van der Waals surface area contributed by atoms with Crippen LogP contribution >= 0.6 is 35.0 Å². The fraction of sp³-hybridized carbons (Fsp3) is 0.294. The Morgan fingerprint density at radius 3 is 2.57 bits per heavy atom. The molecule has 0 aliphatic heterocycles. The van der Waals surface area contributed by atoms with Gasteiger partial charge in [-0.1, -0.05) is 48.3 Å². The Balaban J connectivity index is 2.14. The van der Waals surface area contributed by atoms with Gasteiger partial charge in [0.25, 0.3) is 0 Å². The summed E-state index contributed by atoms with van der Waals surface area (Å²) in [6, 6.07) is 14.1. The third-order valence-electron chi connectivity index (χ3n) is 3.37. The number of thioether (sulfide) groups is 1. The van der Waals surface area contributed by atoms with E-state index >= 15 is 0 Å². The van der Waals surface area contributed by atoms with Crippen LogP contribution < -0.4 is 5.73 Å². The van der Waals surface area contributed by atoms with Crippen LogP contribution in [0.5, 0.6) is 0 Å². The predicted octanol–water partition coefficient (Wildman–Crippen LogP) is 5.57. The average Bonchev–Trinajstić information content (AvgIpc) is 2.48. The van der Waals surface area contributed by atoms with Crippen LogP contribution in [0.15, 0.2) is 47.4 Å². The van der Waals surface area contributed by atoms with E-state index in [0.717, 1.165) is 34.2 Å². The maximum absolute atomic E-state index is 6.21. The van der Waals surface area contributed by atoms with Crippen molar-refractivity contribution in [3.8, 4) is 0 Å². The van der Waals surface area contributed by atoms with Gasteiger partial charge in [-0.3, -0.25) is 0 Å². The molecule has 0 heterocycles. The predicted molar refractivity (Wildman–Crippen MR) is 94.4 cm³/mol. The lowest BCUT2D eigenvalue weighted by atomic mass is 10.0. The molecule has 2 aromatic carbocycles. The first kappa shape index (κ1) is 16.7. The highest BCUT2D eigenvalue weighted by Gasteiger charge is 2.09. The van der Waals surface area contributed by atoms with Crippen molar-refractivity contribution in [2.24, 2.45) is 5.73 Å². The molecule has 21 heavy (non-hydrogen) atoms. The van der Waals surface area contributed by atoms with Crippen LogP contribution in [-0.4, -0.2) is 6.04 Å². The second-order valence-corrected chi connectivity index (χ2v) is 6.87. The molecular formula is C17H19Cl2NS. The highest BCUT2D eigenvalue weighted by atomic mass is 35.5. The van der Waals surface area contributed by atoms with Crippen molar-refractivity contribution in [2.45, 2.75) is 36.5 Å². The molecule has 0 amide bonds. The topological polar surface area (TPSA) is 26.0 Å². The van der Waals surface area contributed by atoms with Crippen molar-refractivity contribution in [3.05, 3.63) is 63.6 Å². The van der Waals surface area contributed by atoms with E-state index in [0.29, 0.717) is 0 Å². The fourth-order valence-electron chi connectivity index (χ4n) is 2.05. The molecule has 0 aliphatic carbocycles. The van der Waals surface area contributed by atoms with Gasteiger partial charge in [0.05, 0.1) is 0 Å². The van der Waals surface area contributed by atoms with Gasteiger partial charge in [0.15, 0.2) is 0 Å². The van der Waals surface area contributed by atoms with Crippen LogP contribution in [0, 0.1) is 0 Å². The minimum Gasteiger partial charge on any atom is -0.327 e. The van der Waals surface area contributed by atoms with Crippen molar-refractivity contribution in [1.29, 1.82) is 0 Å². The first-order valence-corrected chi connectivity index (χ1v) is 8.74. The van der Waals surface area contributed by atoms with Gasteiger partial charge in [-0.2, -0.15) is 0 Å². The Bertz CT molecular complexity index is 601. The minimum absolute atomic E-state index is 0.170. The summed E-state index contributed by atoms with van der Waals surface area (Å²) in [6.07, 6.45) is 1.81. The van der Waals surface area contributed by atoms with E-state index in [4.69, 9.17) is 28.9 Å². The number of nitrogens with two attached hydrogens (primary N) is 1. The number of benzene rings is 2. The Morgan fingerprint density at radius 2 is 1.86 bits per heavy atom. The molecular weight excluding hydrogens is 321 g/mol. The second-order valence-electron chi connectivity index (χ2n) is 5.00. The van der Waals surface area contributed by atoms with Gasteiger partial charge >= 0.3 is 0 Å². The SMILES string of the molecule is CCC(N)Cc1cc(Cl)ccc1SCc1ccccc1Cl. The highest BCUT2D eigenvalue weighted by Crippen LogP contribution is 2.31. The highest BCUT2D eigenvalue weighted by molar-refractivity contribution is 7.98. The van der Waals surface area contributed by atoms with Gasteiger partial charge in [0.1, 0.15) is 0 Å². The summed E-state index contributed by atoms with van der Waals surface area (Å²) in [6.45, 7) is 2.10. The number of rotatable bonds is 6. The normalized spacial score (nSPS) is 12.4. The lowest BCUT2D eigenvalue weighted by Gasteiger charge is -2.14. The standard InChI is InChI=1S/C17H19Cl2NS/c1-2-15(20)10-13-9-14(18)7-8-17(13)21-11-12-5-3-4-6-16(12)19/h3-9,15H,2,10-11,20H2,1H3. The van der Waals surface area contributed by atoms with Crippen LogP contribution in [0.2, 0.25) is 10.0 Å². The molecule has 2 rings (SSSR count). The van der Waals surface area contributed by atoms with Crippen LogP contribution in [0.1, 0.15) is 24.5 Å². The van der Waals surface area contributed by atoms with Crippen molar-refractivity contribution in [2.75, 3.05) is 0 Å². The molecule has 1 unspecified atom stereocenters. The fourth-order valence-corrected chi connectivity index (χ4v) is 3.58. The Kier molecular flexibility index (Phi) is 6.43. The van der Waals surface area contributed by atoms with E-state index in [1.807, 2.05) is 30.3 Å². The quantitative estimate of drug-likeness (QED) is 0.696. The summed E-state index contributed by atoms with van der Waals surface area (Å²) in [5, 5.41) is 1.57. The molecule has 0 saturated heterocycles. The molecule has 4 heteroatoms. The smallest absolute Gasteiger partial charge is 0.0446 e. The van der Waals surface area contributed by atoms with Crippen molar-refractivity contribution in [3.63, 3.8) is 0 Å². The first-order valence-electron chi connectivity index (χ1n) is 7.00. The molecule has 112 valence electrons. The van der Waals surface area contributed by atoms with Crippen LogP contribution in [-0.2, 0) is 12.2 Å². The van der Waals surface area contributed by atoms with E-state index < -0.39 is 0 Å². The number of halogens is 2. The summed E-state index contributed by atoms with van der Waals surface area (Å²) in [5.41, 5.74) is 8.44. The van der Waals surface area contributed by atoms with Gasteiger partial charge in [-0.05, 0) is 48.2 Å². The van der Waals surface area contributed by atoms with Gasteiger partial charge < -0.3 is 5.73 Å². The van der Waals surface area contributed by atoms with Crippen LogP contribution in [0.4, 0.5) is 0 Å². The summed E-state index contributed by atoms with van der Waals surface area (Å²) in [7, 11) is 0. The zero-order valence-electron chi connectivity index (χ0n) is 12.0. The van der Waals surface area contributed by atoms with E-state index in [-0.39, 0.29) is 6.04 Å². The lowest BCUT2D eigenvalue weighted by Crippen LogP contribution is -2.21. The molecule has 0 bridgehead atoms. The molecule has 0 fully saturated rings. The first-order chi connectivity index (χ1) is 10.1. The molecule has 2 aromatic rings. The van der Waals surface area contributed by atoms with E-state index in [9.17, 15) is 0 Å². The van der Waals surface area contributed by atoms with E-state index in [1.165, 1.54) is 10.5 Å². The molecule has 0 saturated carbocycles. The van der Waals surface area contributed by atoms with Gasteiger partial charge in [0, 0.05) is 26.7 Å². The number of hydrogen-bond donors (Lipinski definition) is 1. The molecule has 2 N–H and O–H groups in total. The largest absolute Gasteiger partial charge is 0.327 e. The monoisotopic (exact) mass is 339 g/mol. The molecule has 1 nitrogen and oxygen atoms in total. The molecule has 0 aromatic heterocycles. The van der Waals surface area contributed by atoms with Crippen LogP contribution in [0.25, 0.3) is 0 Å². The Hall–Kier alpha value is -0.670. The molecule has 0 radical (unpaired) electrons. The maximum Gasteiger partial charge on any atom is 0.0446 e. The summed E-state index contributed by atoms with van der Waals surface area (Å²) in [4.78, 5) is 1.23. The van der Waals surface area contributed by atoms with Crippen molar-refractivity contribution >= 4 is 35.0 Å².